The Labute approximate surface area is 105 Å². The summed E-state index contributed by atoms with van der Waals surface area (Å²) in [5.41, 5.74) is 8.88. The van der Waals surface area contributed by atoms with Crippen LogP contribution in [0.2, 0.25) is 0 Å². The standard InChI is InChI=1S/C14H12N4/c15-9-12-11(16)5-6-14(17-12)18-8-7-10-3-1-2-4-13(10)18/h1-6H,7-8,16H2. The fourth-order valence-electron chi connectivity index (χ4n) is 2.28. The van der Waals surface area contributed by atoms with Crippen LogP contribution in [0, 0.1) is 11.3 Å². The normalized spacial score (nSPS) is 13.2. The van der Waals surface area contributed by atoms with Crippen molar-refractivity contribution in [2.75, 3.05) is 17.2 Å². The molecule has 2 heterocycles. The summed E-state index contributed by atoms with van der Waals surface area (Å²) in [6.07, 6.45) is 1.00. The van der Waals surface area contributed by atoms with E-state index in [2.05, 4.69) is 22.0 Å². The Morgan fingerprint density at radius 2 is 2.06 bits per heavy atom. The van der Waals surface area contributed by atoms with E-state index in [-0.39, 0.29) is 5.69 Å². The van der Waals surface area contributed by atoms with Gasteiger partial charge in [-0.2, -0.15) is 5.26 Å². The highest BCUT2D eigenvalue weighted by atomic mass is 15.2. The first-order valence-electron chi connectivity index (χ1n) is 5.81. The summed E-state index contributed by atoms with van der Waals surface area (Å²) in [7, 11) is 0. The van der Waals surface area contributed by atoms with Crippen molar-refractivity contribution in [1.29, 1.82) is 5.26 Å². The number of nitrogen functional groups attached to an aromatic ring is 1. The van der Waals surface area contributed by atoms with Crippen molar-refractivity contribution >= 4 is 17.2 Å². The zero-order chi connectivity index (χ0) is 12.5. The Morgan fingerprint density at radius 3 is 2.89 bits per heavy atom. The van der Waals surface area contributed by atoms with Crippen LogP contribution in [0.5, 0.6) is 0 Å². The quantitative estimate of drug-likeness (QED) is 0.824. The second-order valence-electron chi connectivity index (χ2n) is 4.25. The monoisotopic (exact) mass is 236 g/mol. The number of fused-ring (bicyclic) bond motifs is 1. The van der Waals surface area contributed by atoms with Crippen LogP contribution in [0.4, 0.5) is 17.2 Å². The van der Waals surface area contributed by atoms with Gasteiger partial charge in [0.25, 0.3) is 0 Å². The molecule has 1 aromatic heterocycles. The number of hydrogen-bond acceptors (Lipinski definition) is 4. The van der Waals surface area contributed by atoms with Crippen molar-refractivity contribution in [2.24, 2.45) is 0 Å². The summed E-state index contributed by atoms with van der Waals surface area (Å²) >= 11 is 0. The molecule has 18 heavy (non-hydrogen) atoms. The molecule has 0 spiro atoms. The van der Waals surface area contributed by atoms with E-state index in [1.54, 1.807) is 6.07 Å². The second kappa shape index (κ2) is 4.04. The third-order valence-corrected chi connectivity index (χ3v) is 3.18. The third kappa shape index (κ3) is 1.57. The highest BCUT2D eigenvalue weighted by molar-refractivity contribution is 5.69. The molecule has 0 aliphatic carbocycles. The Hall–Kier alpha value is -2.54. The molecule has 0 fully saturated rings. The van der Waals surface area contributed by atoms with Gasteiger partial charge in [-0.3, -0.25) is 0 Å². The Bertz CT molecular complexity index is 642. The molecular formula is C14H12N4. The van der Waals surface area contributed by atoms with Crippen LogP contribution in [0.1, 0.15) is 11.3 Å². The summed E-state index contributed by atoms with van der Waals surface area (Å²) in [5.74, 6) is 0.783. The van der Waals surface area contributed by atoms with Crippen molar-refractivity contribution in [2.45, 2.75) is 6.42 Å². The molecule has 0 radical (unpaired) electrons. The zero-order valence-electron chi connectivity index (χ0n) is 9.80. The molecule has 0 atom stereocenters. The van der Waals surface area contributed by atoms with Gasteiger partial charge in [-0.05, 0) is 30.2 Å². The molecule has 1 aromatic carbocycles. The number of hydrogen-bond donors (Lipinski definition) is 1. The lowest BCUT2D eigenvalue weighted by Crippen LogP contribution is -2.15. The number of benzene rings is 1. The average molecular weight is 236 g/mol. The Morgan fingerprint density at radius 1 is 1.22 bits per heavy atom. The molecule has 1 aliphatic heterocycles. The fraction of sp³-hybridized carbons (Fsp3) is 0.143. The summed E-state index contributed by atoms with van der Waals surface area (Å²) in [6, 6.07) is 13.9. The van der Waals surface area contributed by atoms with Crippen molar-refractivity contribution in [1.82, 2.24) is 4.98 Å². The zero-order valence-corrected chi connectivity index (χ0v) is 9.80. The molecule has 2 aromatic rings. The minimum absolute atomic E-state index is 0.289. The lowest BCUT2D eigenvalue weighted by Gasteiger charge is -2.18. The van der Waals surface area contributed by atoms with Gasteiger partial charge in [0.15, 0.2) is 5.69 Å². The highest BCUT2D eigenvalue weighted by Crippen LogP contribution is 2.33. The van der Waals surface area contributed by atoms with Crippen LogP contribution in [-0.2, 0) is 6.42 Å². The lowest BCUT2D eigenvalue weighted by molar-refractivity contribution is 0.972. The SMILES string of the molecule is N#Cc1nc(N2CCc3ccccc32)ccc1N. The van der Waals surface area contributed by atoms with E-state index in [0.717, 1.165) is 18.8 Å². The molecule has 3 rings (SSSR count). The molecular weight excluding hydrogens is 224 g/mol. The molecule has 0 bridgehead atoms. The Balaban J connectivity index is 2.05. The van der Waals surface area contributed by atoms with E-state index in [1.807, 2.05) is 24.3 Å². The first kappa shape index (κ1) is 10.6. The number of nitrogens with two attached hydrogens (primary N) is 1. The number of nitrogens with zero attached hydrogens (tertiary/aromatic N) is 3. The highest BCUT2D eigenvalue weighted by Gasteiger charge is 2.21. The minimum Gasteiger partial charge on any atom is -0.396 e. The maximum atomic E-state index is 8.97. The summed E-state index contributed by atoms with van der Waals surface area (Å²) < 4.78 is 0. The smallest absolute Gasteiger partial charge is 0.165 e. The van der Waals surface area contributed by atoms with Gasteiger partial charge in [-0.15, -0.1) is 0 Å². The summed E-state index contributed by atoms with van der Waals surface area (Å²) in [5, 5.41) is 8.97. The van der Waals surface area contributed by atoms with Crippen molar-refractivity contribution in [3.05, 3.63) is 47.7 Å². The van der Waals surface area contributed by atoms with Crippen LogP contribution in [-0.4, -0.2) is 11.5 Å². The van der Waals surface area contributed by atoms with Gasteiger partial charge >= 0.3 is 0 Å². The van der Waals surface area contributed by atoms with Crippen LogP contribution in [0.15, 0.2) is 36.4 Å². The minimum atomic E-state index is 0.289. The van der Waals surface area contributed by atoms with Gasteiger partial charge in [0.1, 0.15) is 11.9 Å². The topological polar surface area (TPSA) is 65.9 Å². The number of nitriles is 1. The van der Waals surface area contributed by atoms with E-state index in [0.29, 0.717) is 5.69 Å². The predicted molar refractivity (Wildman–Crippen MR) is 70.5 cm³/mol. The first-order valence-corrected chi connectivity index (χ1v) is 5.81. The van der Waals surface area contributed by atoms with Crippen molar-refractivity contribution in [3.8, 4) is 6.07 Å². The van der Waals surface area contributed by atoms with E-state index >= 15 is 0 Å². The Kier molecular flexibility index (Phi) is 2.38. The second-order valence-corrected chi connectivity index (χ2v) is 4.25. The van der Waals surface area contributed by atoms with E-state index in [9.17, 15) is 0 Å². The average Bonchev–Trinajstić information content (AvgIpc) is 2.83. The maximum absolute atomic E-state index is 8.97. The van der Waals surface area contributed by atoms with Gasteiger partial charge in [-0.25, -0.2) is 4.98 Å². The number of aromatic nitrogens is 1. The van der Waals surface area contributed by atoms with Crippen LogP contribution >= 0.6 is 0 Å². The van der Waals surface area contributed by atoms with Crippen molar-refractivity contribution in [3.63, 3.8) is 0 Å². The van der Waals surface area contributed by atoms with E-state index in [4.69, 9.17) is 11.0 Å². The number of pyridine rings is 1. The molecule has 0 saturated heterocycles. The molecule has 1 aliphatic rings. The molecule has 0 unspecified atom stereocenters. The van der Waals surface area contributed by atoms with Crippen molar-refractivity contribution < 1.29 is 0 Å². The van der Waals surface area contributed by atoms with Gasteiger partial charge in [0.05, 0.1) is 5.69 Å². The van der Waals surface area contributed by atoms with Crippen LogP contribution in [0.3, 0.4) is 0 Å². The van der Waals surface area contributed by atoms with Crippen LogP contribution < -0.4 is 10.6 Å². The van der Waals surface area contributed by atoms with Gasteiger partial charge in [0.2, 0.25) is 0 Å². The summed E-state index contributed by atoms with van der Waals surface area (Å²) in [4.78, 5) is 6.43. The molecule has 2 N–H and O–H groups in total. The third-order valence-electron chi connectivity index (χ3n) is 3.18. The van der Waals surface area contributed by atoms with E-state index < -0.39 is 0 Å². The first-order chi connectivity index (χ1) is 8.79. The molecule has 4 nitrogen and oxygen atoms in total. The maximum Gasteiger partial charge on any atom is 0.165 e. The van der Waals surface area contributed by atoms with Crippen LogP contribution in [0.25, 0.3) is 0 Å². The predicted octanol–water partition coefficient (Wildman–Crippen LogP) is 2.23. The fourth-order valence-corrected chi connectivity index (χ4v) is 2.28. The largest absolute Gasteiger partial charge is 0.396 e. The van der Waals surface area contributed by atoms with Gasteiger partial charge < -0.3 is 10.6 Å². The lowest BCUT2D eigenvalue weighted by atomic mass is 10.2. The summed E-state index contributed by atoms with van der Waals surface area (Å²) in [6.45, 7) is 0.890. The molecule has 4 heteroatoms. The van der Waals surface area contributed by atoms with Gasteiger partial charge in [-0.1, -0.05) is 18.2 Å². The molecule has 88 valence electrons. The van der Waals surface area contributed by atoms with Gasteiger partial charge in [0, 0.05) is 12.2 Å². The molecule has 0 amide bonds. The number of rotatable bonds is 1. The number of anilines is 3. The molecule has 0 saturated carbocycles. The number of para-hydroxylation sites is 1. The van der Waals surface area contributed by atoms with E-state index in [1.165, 1.54) is 11.3 Å².